The van der Waals surface area contributed by atoms with Gasteiger partial charge in [-0.2, -0.15) is 0 Å². The molecule has 0 fully saturated rings. The van der Waals surface area contributed by atoms with Crippen molar-refractivity contribution in [1.82, 2.24) is 0 Å². The highest BCUT2D eigenvalue weighted by Gasteiger charge is 2.27. The Labute approximate surface area is 85.1 Å². The van der Waals surface area contributed by atoms with E-state index in [4.69, 9.17) is 5.53 Å². The number of halogens is 4. The van der Waals surface area contributed by atoms with Gasteiger partial charge in [-0.15, -0.1) is 0 Å². The van der Waals surface area contributed by atoms with E-state index < -0.39 is 40.4 Å². The van der Waals surface area contributed by atoms with Gasteiger partial charge in [0.25, 0.3) is 5.91 Å². The molecule has 0 spiro atoms. The van der Waals surface area contributed by atoms with E-state index in [-0.39, 0.29) is 0 Å². The lowest BCUT2D eigenvalue weighted by molar-refractivity contribution is 0.0990. The average Bonchev–Trinajstić information content (AvgIpc) is 2.21. The fourth-order valence-corrected chi connectivity index (χ4v) is 0.969. The van der Waals surface area contributed by atoms with Crippen LogP contribution in [0.4, 0.5) is 23.2 Å². The standard InChI is InChI=1S/C7H2F4N4O/c8-2-1(7(12)16)3(9)5(11)6(4(2)10)14-15-13/h(H2,12,16). The SMILES string of the molecule is [N-]=[N+]=Nc1c(F)c(F)c(C(N)=O)c(F)c1F. The second kappa shape index (κ2) is 4.07. The number of hydrogen-bond donors (Lipinski definition) is 1. The van der Waals surface area contributed by atoms with Crippen LogP contribution < -0.4 is 5.73 Å². The molecule has 0 aliphatic rings. The van der Waals surface area contributed by atoms with Crippen LogP contribution >= 0.6 is 0 Å². The monoisotopic (exact) mass is 234 g/mol. The molecule has 0 unspecified atom stereocenters. The van der Waals surface area contributed by atoms with Crippen molar-refractivity contribution < 1.29 is 22.4 Å². The number of hydrogen-bond acceptors (Lipinski definition) is 2. The highest BCUT2D eigenvalue weighted by molar-refractivity contribution is 5.93. The van der Waals surface area contributed by atoms with Gasteiger partial charge in [0.15, 0.2) is 23.3 Å². The van der Waals surface area contributed by atoms with Gasteiger partial charge >= 0.3 is 0 Å². The maximum absolute atomic E-state index is 13.0. The number of primary amides is 1. The van der Waals surface area contributed by atoms with E-state index in [0.29, 0.717) is 0 Å². The molecule has 16 heavy (non-hydrogen) atoms. The number of rotatable bonds is 2. The molecule has 5 nitrogen and oxygen atoms in total. The molecule has 0 bridgehead atoms. The summed E-state index contributed by atoms with van der Waals surface area (Å²) in [4.78, 5) is 12.5. The van der Waals surface area contributed by atoms with Gasteiger partial charge in [0.2, 0.25) is 0 Å². The normalized spacial score (nSPS) is 9.75. The van der Waals surface area contributed by atoms with Crippen molar-refractivity contribution in [2.45, 2.75) is 0 Å². The number of amides is 1. The fraction of sp³-hybridized carbons (Fsp3) is 0. The second-order valence-corrected chi connectivity index (χ2v) is 2.53. The summed E-state index contributed by atoms with van der Waals surface area (Å²) < 4.78 is 52.0. The van der Waals surface area contributed by atoms with E-state index in [0.717, 1.165) is 0 Å². The van der Waals surface area contributed by atoms with Crippen molar-refractivity contribution in [1.29, 1.82) is 0 Å². The third-order valence-electron chi connectivity index (χ3n) is 1.63. The first-order valence-corrected chi connectivity index (χ1v) is 3.62. The first kappa shape index (κ1) is 11.8. The van der Waals surface area contributed by atoms with E-state index in [1.165, 1.54) is 0 Å². The molecule has 1 amide bonds. The Morgan fingerprint density at radius 3 is 1.88 bits per heavy atom. The van der Waals surface area contributed by atoms with Crippen molar-refractivity contribution in [3.05, 3.63) is 39.3 Å². The van der Waals surface area contributed by atoms with Crippen LogP contribution in [0, 0.1) is 23.3 Å². The Bertz CT molecular complexity index is 462. The number of azide groups is 1. The first-order valence-electron chi connectivity index (χ1n) is 3.62. The lowest BCUT2D eigenvalue weighted by Gasteiger charge is -2.05. The third-order valence-corrected chi connectivity index (χ3v) is 1.63. The van der Waals surface area contributed by atoms with Crippen molar-refractivity contribution in [2.24, 2.45) is 10.8 Å². The number of nitrogens with two attached hydrogens (primary N) is 1. The van der Waals surface area contributed by atoms with E-state index in [2.05, 4.69) is 10.8 Å². The zero-order valence-electron chi connectivity index (χ0n) is 7.34. The Balaban J connectivity index is 3.76. The van der Waals surface area contributed by atoms with Gasteiger partial charge < -0.3 is 5.73 Å². The number of carbonyl (C=O) groups excluding carboxylic acids is 1. The summed E-state index contributed by atoms with van der Waals surface area (Å²) in [5.74, 6) is -9.65. The van der Waals surface area contributed by atoms with Crippen LogP contribution in [0.3, 0.4) is 0 Å². The molecule has 1 rings (SSSR count). The van der Waals surface area contributed by atoms with Crippen molar-refractivity contribution in [3.8, 4) is 0 Å². The summed E-state index contributed by atoms with van der Waals surface area (Å²) in [5, 5.41) is 2.43. The minimum absolute atomic E-state index is 1.50. The highest BCUT2D eigenvalue weighted by Crippen LogP contribution is 2.30. The molecule has 1 aromatic carbocycles. The lowest BCUT2D eigenvalue weighted by atomic mass is 10.1. The average molecular weight is 234 g/mol. The van der Waals surface area contributed by atoms with Gasteiger partial charge in [0.05, 0.1) is 0 Å². The molecule has 0 aromatic heterocycles. The Kier molecular flexibility index (Phi) is 3.00. The van der Waals surface area contributed by atoms with E-state index in [1.54, 1.807) is 0 Å². The molecule has 1 aromatic rings. The minimum Gasteiger partial charge on any atom is -0.365 e. The molecule has 0 radical (unpaired) electrons. The van der Waals surface area contributed by atoms with Crippen LogP contribution in [-0.4, -0.2) is 5.91 Å². The third kappa shape index (κ3) is 1.63. The maximum atomic E-state index is 13.0. The fourth-order valence-electron chi connectivity index (χ4n) is 0.969. The highest BCUT2D eigenvalue weighted by atomic mass is 19.2. The zero-order chi connectivity index (χ0) is 12.5. The smallest absolute Gasteiger partial charge is 0.254 e. The zero-order valence-corrected chi connectivity index (χ0v) is 7.34. The Morgan fingerprint density at radius 2 is 1.56 bits per heavy atom. The van der Waals surface area contributed by atoms with Crippen LogP contribution in [-0.2, 0) is 0 Å². The number of nitrogens with zero attached hydrogens (tertiary/aromatic N) is 3. The maximum Gasteiger partial charge on any atom is 0.254 e. The molecule has 0 heterocycles. The summed E-state index contributed by atoms with van der Waals surface area (Å²) in [6, 6.07) is 0. The van der Waals surface area contributed by atoms with Crippen LogP contribution in [0.15, 0.2) is 5.11 Å². The summed E-state index contributed by atoms with van der Waals surface area (Å²) in [6.45, 7) is 0. The van der Waals surface area contributed by atoms with E-state index in [9.17, 15) is 22.4 Å². The van der Waals surface area contributed by atoms with Crippen molar-refractivity contribution >= 4 is 11.6 Å². The topological polar surface area (TPSA) is 91.8 Å². The molecular formula is C7H2F4N4O. The summed E-state index contributed by atoms with van der Waals surface area (Å²) >= 11 is 0. The van der Waals surface area contributed by atoms with Gasteiger partial charge in [-0.05, 0) is 5.53 Å². The van der Waals surface area contributed by atoms with E-state index in [1.807, 2.05) is 4.91 Å². The summed E-state index contributed by atoms with van der Waals surface area (Å²) in [5.41, 5.74) is 9.38. The predicted octanol–water partition coefficient (Wildman–Crippen LogP) is 2.28. The largest absolute Gasteiger partial charge is 0.365 e. The predicted molar refractivity (Wildman–Crippen MR) is 43.6 cm³/mol. The molecule has 0 aliphatic heterocycles. The van der Waals surface area contributed by atoms with Crippen LogP contribution in [0.5, 0.6) is 0 Å². The lowest BCUT2D eigenvalue weighted by Crippen LogP contribution is -2.18. The van der Waals surface area contributed by atoms with Gasteiger partial charge in [-0.1, -0.05) is 5.11 Å². The molecule has 0 saturated carbocycles. The second-order valence-electron chi connectivity index (χ2n) is 2.53. The summed E-state index contributed by atoms with van der Waals surface area (Å²) in [6.07, 6.45) is 0. The van der Waals surface area contributed by atoms with Crippen LogP contribution in [0.25, 0.3) is 10.4 Å². The van der Waals surface area contributed by atoms with Gasteiger partial charge in [0.1, 0.15) is 11.3 Å². The molecule has 2 N–H and O–H groups in total. The quantitative estimate of drug-likeness (QED) is 0.274. The van der Waals surface area contributed by atoms with Crippen LogP contribution in [0.1, 0.15) is 10.4 Å². The molecule has 0 aliphatic carbocycles. The molecular weight excluding hydrogens is 232 g/mol. The summed E-state index contributed by atoms with van der Waals surface area (Å²) in [7, 11) is 0. The molecule has 9 heteroatoms. The van der Waals surface area contributed by atoms with Gasteiger partial charge in [-0.3, -0.25) is 4.79 Å². The molecule has 0 atom stereocenters. The van der Waals surface area contributed by atoms with Crippen molar-refractivity contribution in [2.75, 3.05) is 0 Å². The minimum atomic E-state index is -2.01. The van der Waals surface area contributed by atoms with E-state index >= 15 is 0 Å². The number of carbonyl (C=O) groups is 1. The number of benzene rings is 1. The van der Waals surface area contributed by atoms with Gasteiger partial charge in [-0.25, -0.2) is 17.6 Å². The molecule has 0 saturated heterocycles. The Morgan fingerprint density at radius 1 is 1.12 bits per heavy atom. The molecule has 84 valence electrons. The Hall–Kier alpha value is -2.28. The van der Waals surface area contributed by atoms with Crippen molar-refractivity contribution in [3.63, 3.8) is 0 Å². The van der Waals surface area contributed by atoms with Crippen LogP contribution in [0.2, 0.25) is 0 Å². The first-order chi connectivity index (χ1) is 7.41. The van der Waals surface area contributed by atoms with Gasteiger partial charge in [0, 0.05) is 4.91 Å².